The SMILES string of the molecule is Cc1cc(F)ccc1C(CC(=O)O)N1CCCCC1. The van der Waals surface area contributed by atoms with Gasteiger partial charge < -0.3 is 5.11 Å². The zero-order valence-corrected chi connectivity index (χ0v) is 11.2. The standard InChI is InChI=1S/C15H20FNO2/c1-11-9-12(16)5-6-13(11)14(10-15(18)19)17-7-3-2-4-8-17/h5-6,9,14H,2-4,7-8,10H2,1H3,(H,18,19). The van der Waals surface area contributed by atoms with Crippen LogP contribution in [0.25, 0.3) is 0 Å². The molecule has 1 heterocycles. The second-order valence-corrected chi connectivity index (χ2v) is 5.21. The molecule has 1 aromatic carbocycles. The highest BCUT2D eigenvalue weighted by atomic mass is 19.1. The number of benzene rings is 1. The summed E-state index contributed by atoms with van der Waals surface area (Å²) in [5.74, 6) is -1.08. The van der Waals surface area contributed by atoms with Crippen molar-refractivity contribution in [1.82, 2.24) is 4.90 Å². The highest BCUT2D eigenvalue weighted by Gasteiger charge is 2.25. The second-order valence-electron chi connectivity index (χ2n) is 5.21. The number of likely N-dealkylation sites (tertiary alicyclic amines) is 1. The van der Waals surface area contributed by atoms with Gasteiger partial charge >= 0.3 is 5.97 Å². The third-order valence-electron chi connectivity index (χ3n) is 3.79. The van der Waals surface area contributed by atoms with Gasteiger partial charge in [-0.25, -0.2) is 4.39 Å². The van der Waals surface area contributed by atoms with Gasteiger partial charge in [0, 0.05) is 6.04 Å². The van der Waals surface area contributed by atoms with Crippen LogP contribution in [0, 0.1) is 12.7 Å². The van der Waals surface area contributed by atoms with Gasteiger partial charge in [-0.2, -0.15) is 0 Å². The van der Waals surface area contributed by atoms with Crippen LogP contribution >= 0.6 is 0 Å². The van der Waals surface area contributed by atoms with E-state index in [1.165, 1.54) is 18.6 Å². The van der Waals surface area contributed by atoms with E-state index in [0.29, 0.717) is 0 Å². The van der Waals surface area contributed by atoms with E-state index in [-0.39, 0.29) is 18.3 Å². The highest BCUT2D eigenvalue weighted by Crippen LogP contribution is 2.30. The molecule has 0 amide bonds. The van der Waals surface area contributed by atoms with Gasteiger partial charge in [-0.05, 0) is 56.1 Å². The lowest BCUT2D eigenvalue weighted by Gasteiger charge is -2.34. The average Bonchev–Trinajstić information content (AvgIpc) is 2.37. The molecule has 19 heavy (non-hydrogen) atoms. The van der Waals surface area contributed by atoms with Crippen LogP contribution in [0.4, 0.5) is 4.39 Å². The first-order chi connectivity index (χ1) is 9.08. The van der Waals surface area contributed by atoms with Crippen molar-refractivity contribution in [3.8, 4) is 0 Å². The molecule has 0 spiro atoms. The number of aryl methyl sites for hydroxylation is 1. The molecule has 0 bridgehead atoms. The zero-order valence-electron chi connectivity index (χ0n) is 11.2. The Kier molecular flexibility index (Phi) is 4.53. The Morgan fingerprint density at radius 2 is 2.05 bits per heavy atom. The van der Waals surface area contributed by atoms with E-state index >= 15 is 0 Å². The van der Waals surface area contributed by atoms with Crippen molar-refractivity contribution in [2.24, 2.45) is 0 Å². The molecule has 2 rings (SSSR count). The van der Waals surface area contributed by atoms with E-state index in [1.54, 1.807) is 6.07 Å². The topological polar surface area (TPSA) is 40.5 Å². The number of rotatable bonds is 4. The molecule has 0 aliphatic carbocycles. The van der Waals surface area contributed by atoms with Crippen LogP contribution < -0.4 is 0 Å². The van der Waals surface area contributed by atoms with Crippen LogP contribution in [0.1, 0.15) is 42.9 Å². The molecule has 0 saturated carbocycles. The number of nitrogens with zero attached hydrogens (tertiary/aromatic N) is 1. The van der Waals surface area contributed by atoms with Gasteiger partial charge in [-0.3, -0.25) is 9.69 Å². The van der Waals surface area contributed by atoms with Gasteiger partial charge in [0.2, 0.25) is 0 Å². The molecule has 3 nitrogen and oxygen atoms in total. The summed E-state index contributed by atoms with van der Waals surface area (Å²) in [6, 6.07) is 4.49. The number of carboxylic acid groups (broad SMARTS) is 1. The summed E-state index contributed by atoms with van der Waals surface area (Å²) in [6.45, 7) is 3.70. The molecule has 1 unspecified atom stereocenters. The van der Waals surface area contributed by atoms with Crippen LogP contribution in [-0.4, -0.2) is 29.1 Å². The van der Waals surface area contributed by atoms with Crippen LogP contribution in [0.3, 0.4) is 0 Å². The summed E-state index contributed by atoms with van der Waals surface area (Å²) >= 11 is 0. The third-order valence-corrected chi connectivity index (χ3v) is 3.79. The molecule has 1 aromatic rings. The molecule has 0 aromatic heterocycles. The van der Waals surface area contributed by atoms with E-state index in [0.717, 1.165) is 37.1 Å². The molecule has 1 aliphatic rings. The second kappa shape index (κ2) is 6.15. The van der Waals surface area contributed by atoms with Crippen molar-refractivity contribution >= 4 is 5.97 Å². The number of aliphatic carboxylic acids is 1. The average molecular weight is 265 g/mol. The monoisotopic (exact) mass is 265 g/mol. The zero-order chi connectivity index (χ0) is 13.8. The largest absolute Gasteiger partial charge is 0.481 e. The van der Waals surface area contributed by atoms with Crippen molar-refractivity contribution in [2.75, 3.05) is 13.1 Å². The maximum atomic E-state index is 13.2. The Hall–Kier alpha value is -1.42. The number of piperidine rings is 1. The maximum absolute atomic E-state index is 13.2. The Morgan fingerprint density at radius 3 is 2.63 bits per heavy atom. The molecule has 1 atom stereocenters. The van der Waals surface area contributed by atoms with Crippen molar-refractivity contribution in [1.29, 1.82) is 0 Å². The van der Waals surface area contributed by atoms with E-state index in [9.17, 15) is 9.18 Å². The summed E-state index contributed by atoms with van der Waals surface area (Å²) in [7, 11) is 0. The summed E-state index contributed by atoms with van der Waals surface area (Å²) in [6.07, 6.45) is 3.50. The third kappa shape index (κ3) is 3.53. The fraction of sp³-hybridized carbons (Fsp3) is 0.533. The van der Waals surface area contributed by atoms with Gasteiger partial charge in [-0.15, -0.1) is 0 Å². The minimum atomic E-state index is -0.806. The smallest absolute Gasteiger partial charge is 0.305 e. The fourth-order valence-electron chi connectivity index (χ4n) is 2.84. The number of carboxylic acids is 1. The molecule has 104 valence electrons. The van der Waals surface area contributed by atoms with E-state index < -0.39 is 5.97 Å². The first-order valence-electron chi connectivity index (χ1n) is 6.80. The molecular weight excluding hydrogens is 245 g/mol. The summed E-state index contributed by atoms with van der Waals surface area (Å²) in [4.78, 5) is 13.3. The molecule has 0 radical (unpaired) electrons. The summed E-state index contributed by atoms with van der Waals surface area (Å²) < 4.78 is 13.2. The normalized spacial score (nSPS) is 18.2. The van der Waals surface area contributed by atoms with Crippen molar-refractivity contribution in [3.05, 3.63) is 35.1 Å². The minimum Gasteiger partial charge on any atom is -0.481 e. The van der Waals surface area contributed by atoms with Gasteiger partial charge in [0.05, 0.1) is 6.42 Å². The van der Waals surface area contributed by atoms with Crippen molar-refractivity contribution < 1.29 is 14.3 Å². The van der Waals surface area contributed by atoms with E-state index in [1.807, 2.05) is 6.92 Å². The Balaban J connectivity index is 2.27. The van der Waals surface area contributed by atoms with E-state index in [4.69, 9.17) is 5.11 Å². The van der Waals surface area contributed by atoms with Gasteiger partial charge in [0.1, 0.15) is 5.82 Å². The molecule has 1 fully saturated rings. The number of hydrogen-bond acceptors (Lipinski definition) is 2. The fourth-order valence-corrected chi connectivity index (χ4v) is 2.84. The Labute approximate surface area is 113 Å². The lowest BCUT2D eigenvalue weighted by atomic mass is 9.95. The predicted molar refractivity (Wildman–Crippen MR) is 71.6 cm³/mol. The van der Waals surface area contributed by atoms with Crippen molar-refractivity contribution in [2.45, 2.75) is 38.6 Å². The Morgan fingerprint density at radius 1 is 1.37 bits per heavy atom. The number of halogens is 1. The van der Waals surface area contributed by atoms with Crippen LogP contribution in [0.2, 0.25) is 0 Å². The molecule has 1 N–H and O–H groups in total. The summed E-state index contributed by atoms with van der Waals surface area (Å²) in [5, 5.41) is 9.12. The Bertz CT molecular complexity index is 455. The van der Waals surface area contributed by atoms with Crippen molar-refractivity contribution in [3.63, 3.8) is 0 Å². The van der Waals surface area contributed by atoms with Crippen LogP contribution in [-0.2, 0) is 4.79 Å². The number of carbonyl (C=O) groups is 1. The van der Waals surface area contributed by atoms with Gasteiger partial charge in [0.25, 0.3) is 0 Å². The minimum absolute atomic E-state index is 0.0759. The molecular formula is C15H20FNO2. The first kappa shape index (κ1) is 14.0. The van der Waals surface area contributed by atoms with Gasteiger partial charge in [-0.1, -0.05) is 12.5 Å². The van der Waals surface area contributed by atoms with Gasteiger partial charge in [0.15, 0.2) is 0 Å². The lowest BCUT2D eigenvalue weighted by Crippen LogP contribution is -2.35. The van der Waals surface area contributed by atoms with E-state index in [2.05, 4.69) is 4.90 Å². The quantitative estimate of drug-likeness (QED) is 0.909. The number of hydrogen-bond donors (Lipinski definition) is 1. The lowest BCUT2D eigenvalue weighted by molar-refractivity contribution is -0.138. The highest BCUT2D eigenvalue weighted by molar-refractivity contribution is 5.68. The maximum Gasteiger partial charge on any atom is 0.305 e. The van der Waals surface area contributed by atoms with Crippen LogP contribution in [0.5, 0.6) is 0 Å². The molecule has 4 heteroatoms. The first-order valence-corrected chi connectivity index (χ1v) is 6.80. The molecule has 1 saturated heterocycles. The predicted octanol–water partition coefficient (Wildman–Crippen LogP) is 3.14. The molecule has 1 aliphatic heterocycles. The summed E-state index contributed by atoms with van der Waals surface area (Å²) in [5.41, 5.74) is 1.77. The van der Waals surface area contributed by atoms with Crippen LogP contribution in [0.15, 0.2) is 18.2 Å².